The molecule has 1 aromatic heterocycles. The van der Waals surface area contributed by atoms with Crippen LogP contribution in [0.25, 0.3) is 0 Å². The molecule has 2 aliphatic rings. The van der Waals surface area contributed by atoms with Gasteiger partial charge in [0.05, 0.1) is 6.10 Å². The van der Waals surface area contributed by atoms with Crippen molar-refractivity contribution in [2.45, 2.75) is 44.8 Å². The van der Waals surface area contributed by atoms with Gasteiger partial charge in [0.1, 0.15) is 5.82 Å². The van der Waals surface area contributed by atoms with Crippen molar-refractivity contribution >= 4 is 5.82 Å². The van der Waals surface area contributed by atoms with Crippen molar-refractivity contribution < 1.29 is 5.11 Å². The number of anilines is 1. The molecule has 1 spiro atoms. The van der Waals surface area contributed by atoms with E-state index in [0.29, 0.717) is 0 Å². The lowest BCUT2D eigenvalue weighted by atomic mass is 9.76. The lowest BCUT2D eigenvalue weighted by Crippen LogP contribution is -2.46. The van der Waals surface area contributed by atoms with Gasteiger partial charge in [0.15, 0.2) is 0 Å². The van der Waals surface area contributed by atoms with Gasteiger partial charge in [-0.05, 0) is 43.9 Å². The summed E-state index contributed by atoms with van der Waals surface area (Å²) < 4.78 is 0. The number of aromatic nitrogens is 1. The number of aliphatic hydroxyl groups excluding tert-OH is 1. The van der Waals surface area contributed by atoms with Crippen LogP contribution in [0.15, 0.2) is 18.3 Å². The third kappa shape index (κ3) is 3.06. The normalized spacial score (nSPS) is 30.0. The van der Waals surface area contributed by atoms with Crippen molar-refractivity contribution in [2.75, 3.05) is 32.1 Å². The largest absolute Gasteiger partial charge is 0.393 e. The number of hydrogen-bond donors (Lipinski definition) is 1. The molecule has 0 amide bonds. The van der Waals surface area contributed by atoms with Crippen LogP contribution >= 0.6 is 0 Å². The zero-order valence-electron chi connectivity index (χ0n) is 13.3. The molecule has 0 bridgehead atoms. The molecule has 1 N–H and O–H groups in total. The second-order valence-electron chi connectivity index (χ2n) is 7.00. The van der Waals surface area contributed by atoms with Gasteiger partial charge in [0.25, 0.3) is 0 Å². The summed E-state index contributed by atoms with van der Waals surface area (Å²) >= 11 is 0. The summed E-state index contributed by atoms with van der Waals surface area (Å²) in [6.07, 6.45) is 7.68. The highest BCUT2D eigenvalue weighted by Gasteiger charge is 2.44. The zero-order chi connectivity index (χ0) is 14.9. The van der Waals surface area contributed by atoms with E-state index < -0.39 is 0 Å². The smallest absolute Gasteiger partial charge is 0.127 e. The zero-order valence-corrected chi connectivity index (χ0v) is 13.3. The quantitative estimate of drug-likeness (QED) is 0.926. The minimum Gasteiger partial charge on any atom is -0.393 e. The van der Waals surface area contributed by atoms with E-state index in [9.17, 15) is 5.11 Å². The molecule has 1 saturated heterocycles. The maximum Gasteiger partial charge on any atom is 0.127 e. The fourth-order valence-corrected chi connectivity index (χ4v) is 4.02. The molecule has 21 heavy (non-hydrogen) atoms. The molecule has 3 rings (SSSR count). The fourth-order valence-electron chi connectivity index (χ4n) is 4.02. The minimum absolute atomic E-state index is 0.0884. The molecule has 116 valence electrons. The van der Waals surface area contributed by atoms with Crippen LogP contribution in [-0.2, 0) is 6.54 Å². The van der Waals surface area contributed by atoms with Crippen LogP contribution in [0.4, 0.5) is 5.82 Å². The summed E-state index contributed by atoms with van der Waals surface area (Å²) in [7, 11) is 4.02. The Morgan fingerprint density at radius 2 is 2.14 bits per heavy atom. The van der Waals surface area contributed by atoms with E-state index in [1.807, 2.05) is 25.2 Å². The van der Waals surface area contributed by atoms with E-state index in [1.165, 1.54) is 31.2 Å². The molecular weight excluding hydrogens is 262 g/mol. The summed E-state index contributed by atoms with van der Waals surface area (Å²) in [6, 6.07) is 4.26. The van der Waals surface area contributed by atoms with Crippen LogP contribution in [0.1, 0.15) is 37.7 Å². The van der Waals surface area contributed by atoms with Gasteiger partial charge in [-0.1, -0.05) is 12.5 Å². The number of hydrogen-bond acceptors (Lipinski definition) is 4. The molecule has 2 heterocycles. The number of pyridine rings is 1. The summed E-state index contributed by atoms with van der Waals surface area (Å²) in [4.78, 5) is 9.02. The van der Waals surface area contributed by atoms with E-state index in [-0.39, 0.29) is 11.5 Å². The molecule has 0 radical (unpaired) electrons. The lowest BCUT2D eigenvalue weighted by molar-refractivity contribution is -0.0120. The first-order chi connectivity index (χ1) is 10.1. The van der Waals surface area contributed by atoms with Crippen LogP contribution in [0.5, 0.6) is 0 Å². The third-order valence-corrected chi connectivity index (χ3v) is 5.22. The summed E-state index contributed by atoms with van der Waals surface area (Å²) in [5.41, 5.74) is 1.44. The average Bonchev–Trinajstić information content (AvgIpc) is 2.80. The van der Waals surface area contributed by atoms with Gasteiger partial charge in [0, 0.05) is 38.8 Å². The van der Waals surface area contributed by atoms with Crippen LogP contribution in [0, 0.1) is 5.41 Å². The molecule has 1 saturated carbocycles. The van der Waals surface area contributed by atoms with E-state index in [2.05, 4.69) is 22.0 Å². The highest BCUT2D eigenvalue weighted by atomic mass is 16.3. The number of piperidine rings is 1. The number of likely N-dealkylation sites (tertiary alicyclic amines) is 1. The second kappa shape index (κ2) is 5.93. The number of aliphatic hydroxyl groups is 1. The van der Waals surface area contributed by atoms with E-state index in [4.69, 9.17) is 0 Å². The molecule has 1 aliphatic heterocycles. The summed E-state index contributed by atoms with van der Waals surface area (Å²) in [6.45, 7) is 3.14. The summed E-state index contributed by atoms with van der Waals surface area (Å²) in [5.74, 6) is 1.00. The molecule has 1 aromatic rings. The van der Waals surface area contributed by atoms with Gasteiger partial charge in [-0.15, -0.1) is 0 Å². The van der Waals surface area contributed by atoms with E-state index in [0.717, 1.165) is 31.9 Å². The van der Waals surface area contributed by atoms with Crippen molar-refractivity contribution in [3.8, 4) is 0 Å². The highest BCUT2D eigenvalue weighted by molar-refractivity contribution is 5.37. The summed E-state index contributed by atoms with van der Waals surface area (Å²) in [5, 5.41) is 10.3. The van der Waals surface area contributed by atoms with Crippen molar-refractivity contribution in [2.24, 2.45) is 5.41 Å². The molecule has 4 heteroatoms. The van der Waals surface area contributed by atoms with Crippen LogP contribution in [0.2, 0.25) is 0 Å². The van der Waals surface area contributed by atoms with Crippen LogP contribution < -0.4 is 4.90 Å². The molecule has 0 unspecified atom stereocenters. The Morgan fingerprint density at radius 1 is 1.33 bits per heavy atom. The first-order valence-electron chi connectivity index (χ1n) is 8.12. The average molecular weight is 289 g/mol. The van der Waals surface area contributed by atoms with Gasteiger partial charge in [-0.2, -0.15) is 0 Å². The van der Waals surface area contributed by atoms with Crippen molar-refractivity contribution in [3.05, 3.63) is 23.9 Å². The molecule has 2 fully saturated rings. The molecular formula is C17H27N3O. The number of nitrogens with zero attached hydrogens (tertiary/aromatic N) is 3. The van der Waals surface area contributed by atoms with Crippen LogP contribution in [0.3, 0.4) is 0 Å². The monoisotopic (exact) mass is 289 g/mol. The van der Waals surface area contributed by atoms with Gasteiger partial charge < -0.3 is 10.0 Å². The third-order valence-electron chi connectivity index (χ3n) is 5.22. The van der Waals surface area contributed by atoms with Crippen LogP contribution in [-0.4, -0.2) is 48.3 Å². The van der Waals surface area contributed by atoms with Gasteiger partial charge in [-0.3, -0.25) is 4.90 Å². The molecule has 2 atom stereocenters. The molecule has 0 aromatic carbocycles. The van der Waals surface area contributed by atoms with E-state index in [1.54, 1.807) is 0 Å². The van der Waals surface area contributed by atoms with Gasteiger partial charge >= 0.3 is 0 Å². The standard InChI is InChI=1S/C17H27N3O/c1-19(2)16-7-6-14(11-18-16)12-20-10-4-9-17(13-20)8-3-5-15(17)21/h6-7,11,15,21H,3-5,8-10,12-13H2,1-2H3/t15-,17-/m1/s1. The minimum atomic E-state index is -0.0884. The van der Waals surface area contributed by atoms with Crippen molar-refractivity contribution in [1.29, 1.82) is 0 Å². The Hall–Kier alpha value is -1.13. The van der Waals surface area contributed by atoms with E-state index >= 15 is 0 Å². The predicted molar refractivity (Wildman–Crippen MR) is 85.4 cm³/mol. The van der Waals surface area contributed by atoms with Crippen molar-refractivity contribution in [3.63, 3.8) is 0 Å². The van der Waals surface area contributed by atoms with Gasteiger partial charge in [-0.25, -0.2) is 4.98 Å². The Bertz CT molecular complexity index is 473. The fraction of sp³-hybridized carbons (Fsp3) is 0.706. The van der Waals surface area contributed by atoms with Gasteiger partial charge in [0.2, 0.25) is 0 Å². The lowest BCUT2D eigenvalue weighted by Gasteiger charge is -2.42. The van der Waals surface area contributed by atoms with Crippen molar-refractivity contribution in [1.82, 2.24) is 9.88 Å². The Kier molecular flexibility index (Phi) is 4.18. The number of rotatable bonds is 3. The Balaban J connectivity index is 1.64. The molecule has 4 nitrogen and oxygen atoms in total. The SMILES string of the molecule is CN(C)c1ccc(CN2CCC[C@]3(CCC[C@H]3O)C2)cn1. The Morgan fingerprint density at radius 3 is 2.76 bits per heavy atom. The predicted octanol–water partition coefficient (Wildman–Crippen LogP) is 2.27. The second-order valence-corrected chi connectivity index (χ2v) is 7.00. The Labute approximate surface area is 127 Å². The first kappa shape index (κ1) is 14.8. The maximum atomic E-state index is 10.3. The first-order valence-corrected chi connectivity index (χ1v) is 8.12. The maximum absolute atomic E-state index is 10.3. The molecule has 1 aliphatic carbocycles. The topological polar surface area (TPSA) is 39.6 Å². The highest BCUT2D eigenvalue weighted by Crippen LogP contribution is 2.45.